The van der Waals surface area contributed by atoms with E-state index in [0.717, 1.165) is 5.56 Å². The van der Waals surface area contributed by atoms with Gasteiger partial charge in [0.2, 0.25) is 0 Å². The van der Waals surface area contributed by atoms with Gasteiger partial charge in [-0.3, -0.25) is 14.4 Å². The normalized spacial score (nSPS) is 54.7. The zero-order valence-electron chi connectivity index (χ0n) is 23.9. The molecular weight excluding hydrogens is 536 g/mol. The topological polar surface area (TPSA) is 165 Å². The van der Waals surface area contributed by atoms with E-state index >= 15 is 4.79 Å². The molecule has 0 amide bonds. The molecule has 2 saturated heterocycles. The molecule has 3 heterocycles. The Hall–Kier alpha value is -2.31. The second-order valence-corrected chi connectivity index (χ2v) is 13.9. The highest BCUT2D eigenvalue weighted by Crippen LogP contribution is 2.82. The van der Waals surface area contributed by atoms with Gasteiger partial charge in [-0.25, -0.2) is 0 Å². The summed E-state index contributed by atoms with van der Waals surface area (Å²) in [6, 6.07) is 1.84. The van der Waals surface area contributed by atoms with Crippen molar-refractivity contribution >= 4 is 17.7 Å². The molecule has 14 atom stereocenters. The molecule has 11 heteroatoms. The Morgan fingerprint density at radius 2 is 1.68 bits per heavy atom. The molecule has 41 heavy (non-hydrogen) atoms. The number of ketones is 1. The molecular formula is C30H38O11. The van der Waals surface area contributed by atoms with Crippen molar-refractivity contribution in [1.82, 2.24) is 0 Å². The van der Waals surface area contributed by atoms with Gasteiger partial charge in [0.25, 0.3) is 0 Å². The number of hydrogen-bond acceptors (Lipinski definition) is 11. The molecule has 1 aromatic rings. The van der Waals surface area contributed by atoms with E-state index in [1.807, 2.05) is 19.9 Å². The SMILES string of the molecule is CC(=O)O[C@@H]1C[C@H](O)[C@@]23CO[C@H](O)[C@]1(C)[C@H]2C[C@@H](O)[C@]1(C)[C@H]3C(=O)[C@H](OC(C)=O)[C@@]2(C)[C@H](c3ccoc3)C[C@H]3O[C@]321. The summed E-state index contributed by atoms with van der Waals surface area (Å²) in [4.78, 5) is 39.7. The lowest BCUT2D eigenvalue weighted by Gasteiger charge is -2.73. The number of fused-ring (bicyclic) bond motifs is 1. The van der Waals surface area contributed by atoms with Crippen LogP contribution in [0.25, 0.3) is 0 Å². The van der Waals surface area contributed by atoms with Crippen molar-refractivity contribution in [2.24, 2.45) is 33.5 Å². The van der Waals surface area contributed by atoms with Crippen LogP contribution in [0.15, 0.2) is 23.0 Å². The van der Waals surface area contributed by atoms with Gasteiger partial charge in [0.1, 0.15) is 11.7 Å². The third-order valence-electron chi connectivity index (χ3n) is 12.6. The fourth-order valence-corrected chi connectivity index (χ4v) is 11.0. The largest absolute Gasteiger partial charge is 0.472 e. The highest BCUT2D eigenvalue weighted by molar-refractivity contribution is 5.93. The van der Waals surface area contributed by atoms with Crippen molar-refractivity contribution in [2.75, 3.05) is 6.61 Å². The summed E-state index contributed by atoms with van der Waals surface area (Å²) in [7, 11) is 0. The maximum absolute atomic E-state index is 15.0. The first-order chi connectivity index (χ1) is 19.2. The molecule has 2 bridgehead atoms. The third kappa shape index (κ3) is 2.85. The van der Waals surface area contributed by atoms with E-state index in [0.29, 0.717) is 6.42 Å². The van der Waals surface area contributed by atoms with E-state index in [9.17, 15) is 24.9 Å². The lowest BCUT2D eigenvalue weighted by atomic mass is 9.33. The second-order valence-electron chi connectivity index (χ2n) is 13.9. The van der Waals surface area contributed by atoms with Crippen molar-refractivity contribution in [1.29, 1.82) is 0 Å². The molecule has 4 aliphatic carbocycles. The van der Waals surface area contributed by atoms with Gasteiger partial charge >= 0.3 is 11.9 Å². The van der Waals surface area contributed by atoms with Crippen molar-refractivity contribution < 1.29 is 53.1 Å². The summed E-state index contributed by atoms with van der Waals surface area (Å²) in [6.45, 7) is 7.85. The Kier molecular flexibility index (Phi) is 5.50. The van der Waals surface area contributed by atoms with Crippen LogP contribution in [0.5, 0.6) is 0 Å². The summed E-state index contributed by atoms with van der Waals surface area (Å²) in [6.07, 6.45) is -2.27. The van der Waals surface area contributed by atoms with Crippen LogP contribution in [0.2, 0.25) is 0 Å². The first kappa shape index (κ1) is 27.5. The number of aliphatic hydroxyl groups excluding tert-OH is 3. The zero-order chi connectivity index (χ0) is 29.5. The molecule has 7 rings (SSSR count). The van der Waals surface area contributed by atoms with Crippen LogP contribution in [0.1, 0.15) is 65.4 Å². The summed E-state index contributed by atoms with van der Waals surface area (Å²) in [5, 5.41) is 35.4. The van der Waals surface area contributed by atoms with E-state index in [1.165, 1.54) is 13.8 Å². The quantitative estimate of drug-likeness (QED) is 0.354. The molecule has 224 valence electrons. The summed E-state index contributed by atoms with van der Waals surface area (Å²) in [5.74, 6) is -3.56. The van der Waals surface area contributed by atoms with Gasteiger partial charge in [0, 0.05) is 42.9 Å². The Balaban J connectivity index is 1.44. The fraction of sp³-hybridized carbons (Fsp3) is 0.767. The minimum absolute atomic E-state index is 0.0205. The highest BCUT2D eigenvalue weighted by Gasteiger charge is 2.92. The monoisotopic (exact) mass is 574 g/mol. The first-order valence-electron chi connectivity index (χ1n) is 14.5. The lowest BCUT2D eigenvalue weighted by Crippen LogP contribution is -2.82. The Morgan fingerprint density at radius 1 is 0.976 bits per heavy atom. The molecule has 0 aromatic carbocycles. The molecule has 0 unspecified atom stereocenters. The van der Waals surface area contributed by atoms with Crippen LogP contribution in [0.3, 0.4) is 0 Å². The van der Waals surface area contributed by atoms with Crippen LogP contribution in [0, 0.1) is 33.5 Å². The van der Waals surface area contributed by atoms with Crippen molar-refractivity contribution in [2.45, 2.75) is 102 Å². The molecule has 0 radical (unpaired) electrons. The lowest BCUT2D eigenvalue weighted by molar-refractivity contribution is -0.373. The summed E-state index contributed by atoms with van der Waals surface area (Å²) < 4.78 is 29.5. The summed E-state index contributed by atoms with van der Waals surface area (Å²) in [5.41, 5.74) is -4.93. The van der Waals surface area contributed by atoms with Crippen molar-refractivity contribution in [3.8, 4) is 0 Å². The molecule has 6 aliphatic rings. The molecule has 2 aliphatic heterocycles. The van der Waals surface area contributed by atoms with Crippen molar-refractivity contribution in [3.05, 3.63) is 24.2 Å². The highest BCUT2D eigenvalue weighted by atomic mass is 16.6. The van der Waals surface area contributed by atoms with Crippen LogP contribution in [-0.2, 0) is 33.3 Å². The molecule has 4 saturated carbocycles. The van der Waals surface area contributed by atoms with Gasteiger partial charge in [0.15, 0.2) is 18.2 Å². The first-order valence-corrected chi connectivity index (χ1v) is 14.5. The minimum Gasteiger partial charge on any atom is -0.472 e. The minimum atomic E-state index is -1.36. The van der Waals surface area contributed by atoms with Crippen LogP contribution >= 0.6 is 0 Å². The predicted octanol–water partition coefficient (Wildman–Crippen LogP) is 1.47. The summed E-state index contributed by atoms with van der Waals surface area (Å²) >= 11 is 0. The number of carbonyl (C=O) groups is 3. The number of aliphatic hydroxyl groups is 3. The van der Waals surface area contributed by atoms with Gasteiger partial charge in [-0.2, -0.15) is 0 Å². The van der Waals surface area contributed by atoms with Crippen LogP contribution in [-0.4, -0.2) is 82.1 Å². The molecule has 6 fully saturated rings. The second kappa shape index (κ2) is 8.19. The Bertz CT molecular complexity index is 1310. The number of ether oxygens (including phenoxy) is 4. The molecule has 1 spiro atoms. The molecule has 1 aromatic heterocycles. The number of Topliss-reactive ketones (excluding diaryl/α,β-unsaturated/α-hetero) is 1. The van der Waals surface area contributed by atoms with E-state index in [2.05, 4.69) is 0 Å². The number of carbonyl (C=O) groups excluding carboxylic acids is 3. The van der Waals surface area contributed by atoms with Crippen LogP contribution in [0.4, 0.5) is 0 Å². The fourth-order valence-electron chi connectivity index (χ4n) is 11.0. The van der Waals surface area contributed by atoms with E-state index < -0.39 is 87.5 Å². The number of rotatable bonds is 3. The molecule has 3 N–H and O–H groups in total. The Morgan fingerprint density at radius 3 is 2.32 bits per heavy atom. The number of hydrogen-bond donors (Lipinski definition) is 3. The average molecular weight is 575 g/mol. The van der Waals surface area contributed by atoms with Gasteiger partial charge in [-0.1, -0.05) is 20.8 Å². The molecule has 11 nitrogen and oxygen atoms in total. The van der Waals surface area contributed by atoms with E-state index in [1.54, 1.807) is 19.5 Å². The van der Waals surface area contributed by atoms with Gasteiger partial charge in [-0.15, -0.1) is 0 Å². The van der Waals surface area contributed by atoms with Crippen LogP contribution < -0.4 is 0 Å². The Labute approximate surface area is 237 Å². The van der Waals surface area contributed by atoms with Gasteiger partial charge in [0.05, 0.1) is 48.3 Å². The number of epoxide rings is 1. The smallest absolute Gasteiger partial charge is 0.303 e. The van der Waals surface area contributed by atoms with Gasteiger partial charge in [-0.05, 0) is 30.4 Å². The predicted molar refractivity (Wildman–Crippen MR) is 137 cm³/mol. The van der Waals surface area contributed by atoms with Crippen molar-refractivity contribution in [3.63, 3.8) is 0 Å². The average Bonchev–Trinajstić information content (AvgIpc) is 3.26. The van der Waals surface area contributed by atoms with E-state index in [-0.39, 0.29) is 31.5 Å². The standard InChI is InChI=1S/C30H38O11/c1-13(31)39-20-10-19(34)29-12-38-25(36)26(20,3)17(29)9-18(33)28(5)23(29)22(35)24(40-14(2)32)27(4)16(15-6-7-37-11-15)8-21-30(27,28)41-21/h6-7,11,16-21,23-25,33-34,36H,8-10,12H2,1-5H3/t16-,17+,18+,19-,20+,21+,23+,24-,25-,26+,27+,28+,29+,30+/m0/s1. The van der Waals surface area contributed by atoms with Gasteiger partial charge < -0.3 is 38.7 Å². The maximum atomic E-state index is 15.0. The number of furan rings is 1. The third-order valence-corrected chi connectivity index (χ3v) is 12.6. The maximum Gasteiger partial charge on any atom is 0.303 e. The number of esters is 2. The van der Waals surface area contributed by atoms with E-state index in [4.69, 9.17) is 23.4 Å². The zero-order valence-corrected chi connectivity index (χ0v) is 23.9.